The van der Waals surface area contributed by atoms with Crippen LogP contribution in [-0.4, -0.2) is 9.13 Å². The first-order chi connectivity index (χ1) is 26.3. The molecule has 2 aliphatic rings. The average molecular weight is 679 g/mol. The first-order valence-corrected chi connectivity index (χ1v) is 18.1. The summed E-state index contributed by atoms with van der Waals surface area (Å²) in [6, 6.07) is 65.1. The molecule has 0 N–H and O–H groups in total. The number of fused-ring (bicyclic) bond motifs is 14. The van der Waals surface area contributed by atoms with Crippen molar-refractivity contribution in [3.63, 3.8) is 0 Å². The zero-order valence-electron chi connectivity index (χ0n) is 28.5. The Labute approximate surface area is 305 Å². The van der Waals surface area contributed by atoms with Crippen molar-refractivity contribution in [3.8, 4) is 34.4 Å². The molecular formula is C49H30N2O2. The second kappa shape index (κ2) is 10.5. The Kier molecular flexibility index (Phi) is 5.67. The minimum Gasteiger partial charge on any atom is -0.457 e. The summed E-state index contributed by atoms with van der Waals surface area (Å²) in [5.74, 6) is 3.35. The minimum atomic E-state index is -0.752. The molecule has 2 aliphatic heterocycles. The van der Waals surface area contributed by atoms with E-state index in [4.69, 9.17) is 9.47 Å². The fourth-order valence-corrected chi connectivity index (χ4v) is 9.32. The van der Waals surface area contributed by atoms with Crippen molar-refractivity contribution >= 4 is 43.6 Å². The van der Waals surface area contributed by atoms with E-state index in [-0.39, 0.29) is 0 Å². The van der Waals surface area contributed by atoms with Gasteiger partial charge in [0, 0.05) is 55.2 Å². The second-order valence-corrected chi connectivity index (χ2v) is 14.0. The van der Waals surface area contributed by atoms with Crippen molar-refractivity contribution in [2.45, 2.75) is 5.41 Å². The van der Waals surface area contributed by atoms with Gasteiger partial charge in [0.2, 0.25) is 0 Å². The van der Waals surface area contributed by atoms with Crippen LogP contribution in [0.15, 0.2) is 182 Å². The number of ether oxygens (including phenoxy) is 2. The summed E-state index contributed by atoms with van der Waals surface area (Å²) in [7, 11) is 0. The van der Waals surface area contributed by atoms with Crippen LogP contribution in [0.5, 0.6) is 23.0 Å². The molecule has 1 spiro atoms. The molecule has 0 aliphatic carbocycles. The lowest BCUT2D eigenvalue weighted by Gasteiger charge is -2.45. The number of benzene rings is 8. The van der Waals surface area contributed by atoms with Gasteiger partial charge in [-0.25, -0.2) is 0 Å². The topological polar surface area (TPSA) is 28.3 Å². The van der Waals surface area contributed by atoms with Crippen molar-refractivity contribution in [2.75, 3.05) is 0 Å². The van der Waals surface area contributed by atoms with E-state index in [9.17, 15) is 0 Å². The minimum absolute atomic E-state index is 0.752. The first kappa shape index (κ1) is 28.6. The number of hydrogen-bond acceptors (Lipinski definition) is 2. The summed E-state index contributed by atoms with van der Waals surface area (Å²) in [6.45, 7) is 0. The van der Waals surface area contributed by atoms with Crippen molar-refractivity contribution in [2.24, 2.45) is 0 Å². The average Bonchev–Trinajstić information content (AvgIpc) is 3.74. The van der Waals surface area contributed by atoms with E-state index in [0.717, 1.165) is 56.6 Å². The van der Waals surface area contributed by atoms with E-state index in [1.54, 1.807) is 0 Å². The lowest BCUT2D eigenvalue weighted by Crippen LogP contribution is -2.37. The van der Waals surface area contributed by atoms with E-state index in [0.29, 0.717) is 0 Å². The molecule has 10 aromatic rings. The van der Waals surface area contributed by atoms with E-state index in [1.165, 1.54) is 43.6 Å². The first-order valence-electron chi connectivity index (χ1n) is 18.1. The highest BCUT2D eigenvalue weighted by Gasteiger charge is 2.51. The van der Waals surface area contributed by atoms with Gasteiger partial charge in [-0.05, 0) is 72.8 Å². The van der Waals surface area contributed by atoms with Gasteiger partial charge in [0.25, 0.3) is 0 Å². The highest BCUT2D eigenvalue weighted by Crippen LogP contribution is 2.62. The van der Waals surface area contributed by atoms with E-state index in [2.05, 4.69) is 191 Å². The van der Waals surface area contributed by atoms with Crippen LogP contribution in [0.25, 0.3) is 55.0 Å². The van der Waals surface area contributed by atoms with Gasteiger partial charge in [-0.3, -0.25) is 0 Å². The Bertz CT molecular complexity index is 2830. The second-order valence-electron chi connectivity index (χ2n) is 14.0. The lowest BCUT2D eigenvalue weighted by atomic mass is 9.62. The highest BCUT2D eigenvalue weighted by atomic mass is 16.5. The third kappa shape index (κ3) is 3.74. The number of rotatable bonds is 2. The van der Waals surface area contributed by atoms with Crippen LogP contribution in [0.4, 0.5) is 0 Å². The predicted molar refractivity (Wildman–Crippen MR) is 214 cm³/mol. The molecule has 0 radical (unpaired) electrons. The molecule has 0 bridgehead atoms. The predicted octanol–water partition coefficient (Wildman–Crippen LogP) is 12.5. The molecule has 12 rings (SSSR count). The Morgan fingerprint density at radius 1 is 0.302 bits per heavy atom. The summed E-state index contributed by atoms with van der Waals surface area (Å²) in [4.78, 5) is 0. The molecule has 248 valence electrons. The molecule has 0 fully saturated rings. The van der Waals surface area contributed by atoms with Crippen molar-refractivity contribution in [1.29, 1.82) is 0 Å². The van der Waals surface area contributed by atoms with E-state index < -0.39 is 5.41 Å². The Morgan fingerprint density at radius 3 is 1.02 bits per heavy atom. The van der Waals surface area contributed by atoms with Crippen LogP contribution in [-0.2, 0) is 5.41 Å². The Balaban J connectivity index is 1.21. The van der Waals surface area contributed by atoms with Gasteiger partial charge in [-0.2, -0.15) is 0 Å². The van der Waals surface area contributed by atoms with E-state index in [1.807, 2.05) is 0 Å². The Hall–Kier alpha value is -7.04. The highest BCUT2D eigenvalue weighted by molar-refractivity contribution is 6.10. The fourth-order valence-electron chi connectivity index (χ4n) is 9.32. The molecule has 4 heterocycles. The number of nitrogens with zero attached hydrogens (tertiary/aromatic N) is 2. The van der Waals surface area contributed by atoms with Crippen molar-refractivity contribution in [3.05, 3.63) is 204 Å². The van der Waals surface area contributed by atoms with Gasteiger partial charge in [-0.15, -0.1) is 0 Å². The fraction of sp³-hybridized carbons (Fsp3) is 0.0204. The third-order valence-corrected chi connectivity index (χ3v) is 11.4. The maximum absolute atomic E-state index is 6.84. The van der Waals surface area contributed by atoms with Gasteiger partial charge in [0.1, 0.15) is 23.0 Å². The molecular weight excluding hydrogens is 649 g/mol. The van der Waals surface area contributed by atoms with Crippen LogP contribution < -0.4 is 9.47 Å². The van der Waals surface area contributed by atoms with Crippen molar-refractivity contribution < 1.29 is 9.47 Å². The largest absolute Gasteiger partial charge is 0.457 e. The lowest BCUT2D eigenvalue weighted by molar-refractivity contribution is 0.399. The molecule has 4 heteroatoms. The molecule has 8 aromatic carbocycles. The Morgan fingerprint density at radius 2 is 0.623 bits per heavy atom. The summed E-state index contributed by atoms with van der Waals surface area (Å²) in [5.41, 5.74) is 10.4. The zero-order chi connectivity index (χ0) is 34.7. The van der Waals surface area contributed by atoms with Crippen LogP contribution in [0.2, 0.25) is 0 Å². The van der Waals surface area contributed by atoms with Gasteiger partial charge in [-0.1, -0.05) is 109 Å². The molecule has 0 saturated heterocycles. The van der Waals surface area contributed by atoms with Crippen LogP contribution in [0.1, 0.15) is 22.3 Å². The number of hydrogen-bond donors (Lipinski definition) is 0. The van der Waals surface area contributed by atoms with Crippen molar-refractivity contribution in [1.82, 2.24) is 9.13 Å². The molecule has 2 aromatic heterocycles. The third-order valence-electron chi connectivity index (χ3n) is 11.4. The van der Waals surface area contributed by atoms with Gasteiger partial charge in [0.05, 0.1) is 27.5 Å². The standard InChI is InChI=1S/C49H30N2O2/c1-7-19-41-33(13-1)34-14-2-8-20-42(34)50(41)31-25-27-47-39(29-31)49(37-17-5-11-23-45(37)52-47)38-18-6-12-24-46(38)53-48-28-26-32(30-40(48)49)51-43-21-9-3-15-35(43)36-16-4-10-22-44(36)51/h1-30H. The molecule has 0 unspecified atom stereocenters. The molecule has 4 nitrogen and oxygen atoms in total. The molecule has 0 saturated carbocycles. The molecule has 0 atom stereocenters. The SMILES string of the molecule is c1ccc2c(c1)Oc1ccc(-n3c4ccccc4c4ccccc43)cc1C21c2ccccc2Oc2ccc(-n3c4ccccc4c4ccccc43)cc21. The van der Waals surface area contributed by atoms with Gasteiger partial charge in [0.15, 0.2) is 0 Å². The van der Waals surface area contributed by atoms with Crippen LogP contribution in [0.3, 0.4) is 0 Å². The van der Waals surface area contributed by atoms with E-state index >= 15 is 0 Å². The van der Waals surface area contributed by atoms with Gasteiger partial charge >= 0.3 is 0 Å². The summed E-state index contributed by atoms with van der Waals surface area (Å²) < 4.78 is 18.5. The summed E-state index contributed by atoms with van der Waals surface area (Å²) >= 11 is 0. The summed E-state index contributed by atoms with van der Waals surface area (Å²) in [5, 5.41) is 4.92. The normalized spacial score (nSPS) is 13.7. The summed E-state index contributed by atoms with van der Waals surface area (Å²) in [6.07, 6.45) is 0. The smallest absolute Gasteiger partial charge is 0.132 e. The maximum Gasteiger partial charge on any atom is 0.132 e. The van der Waals surface area contributed by atoms with Gasteiger partial charge < -0.3 is 18.6 Å². The quantitative estimate of drug-likeness (QED) is 0.182. The van der Waals surface area contributed by atoms with Crippen LogP contribution >= 0.6 is 0 Å². The molecule has 53 heavy (non-hydrogen) atoms. The molecule has 0 amide bonds. The monoisotopic (exact) mass is 678 g/mol. The number of aromatic nitrogens is 2. The number of para-hydroxylation sites is 6. The van der Waals surface area contributed by atoms with Crippen LogP contribution in [0, 0.1) is 0 Å². The maximum atomic E-state index is 6.84. The zero-order valence-corrected chi connectivity index (χ0v) is 28.5.